The van der Waals surface area contributed by atoms with Crippen molar-refractivity contribution in [3.63, 3.8) is 0 Å². The summed E-state index contributed by atoms with van der Waals surface area (Å²) in [6, 6.07) is 1.82. The Bertz CT molecular complexity index is 233. The molecule has 1 heterocycles. The topological polar surface area (TPSA) is 47.0 Å². The molecule has 1 rings (SSSR count). The van der Waals surface area contributed by atoms with Gasteiger partial charge < -0.3 is 10.1 Å². The molecule has 0 aliphatic heterocycles. The first-order valence-corrected chi connectivity index (χ1v) is 5.51. The van der Waals surface area contributed by atoms with Gasteiger partial charge in [-0.05, 0) is 6.07 Å². The lowest BCUT2D eigenvalue weighted by Gasteiger charge is -2.02. The zero-order valence-corrected chi connectivity index (χ0v) is 9.09. The Morgan fingerprint density at radius 3 is 2.86 bits per heavy atom. The zero-order chi connectivity index (χ0) is 10.1. The second-order valence-electron chi connectivity index (χ2n) is 2.62. The zero-order valence-electron chi connectivity index (χ0n) is 8.27. The molecule has 0 amide bonds. The molecular formula is C9H15N3OS. The fourth-order valence-electron chi connectivity index (χ4n) is 0.874. The van der Waals surface area contributed by atoms with Gasteiger partial charge in [-0.25, -0.2) is 9.97 Å². The van der Waals surface area contributed by atoms with Crippen molar-refractivity contribution in [1.82, 2.24) is 15.3 Å². The van der Waals surface area contributed by atoms with Crippen molar-refractivity contribution in [2.75, 3.05) is 32.6 Å². The maximum absolute atomic E-state index is 4.91. The lowest BCUT2D eigenvalue weighted by molar-refractivity contribution is 0.200. The molecule has 78 valence electrons. The van der Waals surface area contributed by atoms with Crippen LogP contribution in [0.1, 0.15) is 0 Å². The van der Waals surface area contributed by atoms with E-state index < -0.39 is 0 Å². The Labute approximate surface area is 88.5 Å². The van der Waals surface area contributed by atoms with Crippen molar-refractivity contribution in [2.45, 2.75) is 5.16 Å². The summed E-state index contributed by atoms with van der Waals surface area (Å²) < 4.78 is 4.91. The lowest BCUT2D eigenvalue weighted by Crippen LogP contribution is -2.21. The number of methoxy groups -OCH3 is 1. The summed E-state index contributed by atoms with van der Waals surface area (Å²) in [5.41, 5.74) is 0. The van der Waals surface area contributed by atoms with Crippen molar-refractivity contribution in [1.29, 1.82) is 0 Å². The summed E-state index contributed by atoms with van der Waals surface area (Å²) in [5.74, 6) is 0.980. The molecule has 0 bridgehead atoms. The Kier molecular flexibility index (Phi) is 6.30. The lowest BCUT2D eigenvalue weighted by atomic mass is 10.6. The maximum Gasteiger partial charge on any atom is 0.187 e. The molecule has 0 spiro atoms. The van der Waals surface area contributed by atoms with Crippen LogP contribution in [0.25, 0.3) is 0 Å². The van der Waals surface area contributed by atoms with Gasteiger partial charge >= 0.3 is 0 Å². The van der Waals surface area contributed by atoms with E-state index in [2.05, 4.69) is 15.3 Å². The minimum atomic E-state index is 0.756. The van der Waals surface area contributed by atoms with E-state index in [1.54, 1.807) is 31.3 Å². The number of aromatic nitrogens is 2. The first-order chi connectivity index (χ1) is 6.93. The summed E-state index contributed by atoms with van der Waals surface area (Å²) in [6.45, 7) is 2.60. The highest BCUT2D eigenvalue weighted by atomic mass is 32.2. The summed E-state index contributed by atoms with van der Waals surface area (Å²) in [6.07, 6.45) is 3.52. The molecule has 0 saturated heterocycles. The molecule has 0 radical (unpaired) electrons. The van der Waals surface area contributed by atoms with E-state index in [9.17, 15) is 0 Å². The molecule has 0 fully saturated rings. The summed E-state index contributed by atoms with van der Waals surface area (Å²) >= 11 is 1.65. The number of hydrogen-bond acceptors (Lipinski definition) is 5. The fourth-order valence-corrected chi connectivity index (χ4v) is 1.57. The van der Waals surface area contributed by atoms with Crippen molar-refractivity contribution < 1.29 is 4.74 Å². The SMILES string of the molecule is COCCNCCSc1ncccn1. The molecule has 0 aromatic carbocycles. The Balaban J connectivity index is 1.99. The van der Waals surface area contributed by atoms with Crippen LogP contribution < -0.4 is 5.32 Å². The molecule has 1 aromatic heterocycles. The predicted octanol–water partition coefficient (Wildman–Crippen LogP) is 0.805. The van der Waals surface area contributed by atoms with Gasteiger partial charge in [0.1, 0.15) is 0 Å². The number of nitrogens with zero attached hydrogens (tertiary/aromatic N) is 2. The molecule has 1 N–H and O–H groups in total. The minimum Gasteiger partial charge on any atom is -0.383 e. The molecule has 0 unspecified atom stereocenters. The molecule has 14 heavy (non-hydrogen) atoms. The maximum atomic E-state index is 4.91. The number of hydrogen-bond donors (Lipinski definition) is 1. The van der Waals surface area contributed by atoms with Gasteiger partial charge in [-0.2, -0.15) is 0 Å². The van der Waals surface area contributed by atoms with Crippen LogP contribution in [0.15, 0.2) is 23.6 Å². The van der Waals surface area contributed by atoms with Crippen molar-refractivity contribution in [2.24, 2.45) is 0 Å². The van der Waals surface area contributed by atoms with Crippen molar-refractivity contribution in [3.8, 4) is 0 Å². The van der Waals surface area contributed by atoms with E-state index in [0.717, 1.165) is 30.6 Å². The highest BCUT2D eigenvalue weighted by Gasteiger charge is 1.94. The largest absolute Gasteiger partial charge is 0.383 e. The van der Waals surface area contributed by atoms with Gasteiger partial charge in [0.25, 0.3) is 0 Å². The highest BCUT2D eigenvalue weighted by molar-refractivity contribution is 7.99. The minimum absolute atomic E-state index is 0.756. The van der Waals surface area contributed by atoms with Crippen LogP contribution in [0.4, 0.5) is 0 Å². The van der Waals surface area contributed by atoms with E-state index >= 15 is 0 Å². The van der Waals surface area contributed by atoms with E-state index in [1.807, 2.05) is 6.07 Å². The third-order valence-corrected chi connectivity index (χ3v) is 2.41. The van der Waals surface area contributed by atoms with Gasteiger partial charge in [-0.1, -0.05) is 11.8 Å². The van der Waals surface area contributed by atoms with Crippen LogP contribution in [-0.2, 0) is 4.74 Å². The number of thioether (sulfide) groups is 1. The van der Waals surface area contributed by atoms with Crippen LogP contribution in [0.3, 0.4) is 0 Å². The van der Waals surface area contributed by atoms with Crippen LogP contribution in [-0.4, -0.2) is 42.5 Å². The monoisotopic (exact) mass is 213 g/mol. The second kappa shape index (κ2) is 7.73. The van der Waals surface area contributed by atoms with Gasteiger partial charge in [0.2, 0.25) is 0 Å². The first kappa shape index (κ1) is 11.4. The average Bonchev–Trinajstić information content (AvgIpc) is 2.25. The highest BCUT2D eigenvalue weighted by Crippen LogP contribution is 2.08. The third-order valence-electron chi connectivity index (χ3n) is 1.54. The molecule has 0 saturated carbocycles. The molecule has 0 aliphatic rings. The number of ether oxygens (including phenoxy) is 1. The van der Waals surface area contributed by atoms with Crippen LogP contribution in [0, 0.1) is 0 Å². The van der Waals surface area contributed by atoms with Crippen molar-refractivity contribution >= 4 is 11.8 Å². The van der Waals surface area contributed by atoms with Gasteiger partial charge in [0.15, 0.2) is 5.16 Å². The first-order valence-electron chi connectivity index (χ1n) is 4.53. The van der Waals surface area contributed by atoms with E-state index in [4.69, 9.17) is 4.74 Å². The predicted molar refractivity (Wildman–Crippen MR) is 57.5 cm³/mol. The summed E-state index contributed by atoms with van der Waals surface area (Å²) in [5, 5.41) is 4.09. The normalized spacial score (nSPS) is 10.4. The van der Waals surface area contributed by atoms with Crippen LogP contribution in [0.2, 0.25) is 0 Å². The third kappa shape index (κ3) is 5.16. The van der Waals surface area contributed by atoms with E-state index in [1.165, 1.54) is 0 Å². The van der Waals surface area contributed by atoms with Gasteiger partial charge in [-0.15, -0.1) is 0 Å². The van der Waals surface area contributed by atoms with Crippen molar-refractivity contribution in [3.05, 3.63) is 18.5 Å². The molecule has 4 nitrogen and oxygen atoms in total. The molecular weight excluding hydrogens is 198 g/mol. The van der Waals surface area contributed by atoms with Gasteiger partial charge in [0.05, 0.1) is 6.61 Å². The summed E-state index contributed by atoms with van der Waals surface area (Å²) in [4.78, 5) is 8.22. The van der Waals surface area contributed by atoms with E-state index in [-0.39, 0.29) is 0 Å². The molecule has 1 aromatic rings. The van der Waals surface area contributed by atoms with Gasteiger partial charge in [-0.3, -0.25) is 0 Å². The number of nitrogens with one attached hydrogen (secondary N) is 1. The fraction of sp³-hybridized carbons (Fsp3) is 0.556. The van der Waals surface area contributed by atoms with E-state index in [0.29, 0.717) is 0 Å². The van der Waals surface area contributed by atoms with Crippen LogP contribution >= 0.6 is 11.8 Å². The average molecular weight is 213 g/mol. The van der Waals surface area contributed by atoms with Gasteiger partial charge in [0, 0.05) is 38.3 Å². The number of rotatable bonds is 7. The summed E-state index contributed by atoms with van der Waals surface area (Å²) in [7, 11) is 1.70. The molecule has 5 heteroatoms. The van der Waals surface area contributed by atoms with Crippen LogP contribution in [0.5, 0.6) is 0 Å². The Hall–Kier alpha value is -0.650. The molecule has 0 atom stereocenters. The smallest absolute Gasteiger partial charge is 0.187 e. The Morgan fingerprint density at radius 1 is 1.36 bits per heavy atom. The standard InChI is InChI=1S/C9H15N3OS/c1-13-7-5-10-6-8-14-9-11-3-2-4-12-9/h2-4,10H,5-8H2,1H3. The molecule has 0 aliphatic carbocycles. The Morgan fingerprint density at radius 2 is 2.14 bits per heavy atom. The second-order valence-corrected chi connectivity index (χ2v) is 3.68. The quantitative estimate of drug-likeness (QED) is 0.412.